The Hall–Kier alpha value is -1.85. The molecule has 0 aromatic carbocycles. The first-order valence-electron chi connectivity index (χ1n) is 8.68. The summed E-state index contributed by atoms with van der Waals surface area (Å²) in [5.41, 5.74) is 1.29. The van der Waals surface area contributed by atoms with Crippen molar-refractivity contribution in [2.75, 3.05) is 13.1 Å². The molecule has 0 bridgehead atoms. The third-order valence-electron chi connectivity index (χ3n) is 4.48. The van der Waals surface area contributed by atoms with Gasteiger partial charge in [0, 0.05) is 19.2 Å². The van der Waals surface area contributed by atoms with Crippen LogP contribution in [0, 0.1) is 24.2 Å². The Labute approximate surface area is 145 Å². The summed E-state index contributed by atoms with van der Waals surface area (Å²) in [6.45, 7) is 16.0. The second-order valence-corrected chi connectivity index (χ2v) is 6.05. The molecule has 1 aliphatic carbocycles. The Morgan fingerprint density at radius 2 is 1.79 bits per heavy atom. The molecule has 6 heteroatoms. The van der Waals surface area contributed by atoms with E-state index in [9.17, 15) is 4.79 Å². The van der Waals surface area contributed by atoms with Crippen LogP contribution >= 0.6 is 0 Å². The van der Waals surface area contributed by atoms with Crippen molar-refractivity contribution in [1.82, 2.24) is 10.1 Å². The van der Waals surface area contributed by atoms with Crippen molar-refractivity contribution in [3.8, 4) is 0 Å². The summed E-state index contributed by atoms with van der Waals surface area (Å²) in [7, 11) is 0. The zero-order valence-electron chi connectivity index (χ0n) is 16.0. The Bertz CT molecular complexity index is 497. The van der Waals surface area contributed by atoms with E-state index in [4.69, 9.17) is 14.4 Å². The molecular formula is C18H32N2O4. The maximum absolute atomic E-state index is 12.0. The van der Waals surface area contributed by atoms with Crippen molar-refractivity contribution in [2.24, 2.45) is 17.3 Å². The van der Waals surface area contributed by atoms with Crippen molar-refractivity contribution in [2.45, 2.75) is 54.9 Å². The van der Waals surface area contributed by atoms with Gasteiger partial charge in [0.15, 0.2) is 0 Å². The van der Waals surface area contributed by atoms with Gasteiger partial charge in [0.1, 0.15) is 5.76 Å². The summed E-state index contributed by atoms with van der Waals surface area (Å²) < 4.78 is 5.08. The average molecular weight is 340 g/mol. The molecular weight excluding hydrogens is 308 g/mol. The minimum atomic E-state index is -0.250. The zero-order chi connectivity index (χ0) is 18.9. The largest absolute Gasteiger partial charge is 0.483 e. The molecule has 2 fully saturated rings. The Morgan fingerprint density at radius 3 is 2.17 bits per heavy atom. The number of rotatable bonds is 2. The van der Waals surface area contributed by atoms with E-state index >= 15 is 0 Å². The fourth-order valence-electron chi connectivity index (χ4n) is 3.10. The molecule has 2 unspecified atom stereocenters. The van der Waals surface area contributed by atoms with Crippen LogP contribution < -0.4 is 0 Å². The Balaban J connectivity index is 0.000000667. The molecule has 24 heavy (non-hydrogen) atoms. The van der Waals surface area contributed by atoms with E-state index in [1.807, 2.05) is 45.6 Å². The number of aryl methyl sites for hydroxylation is 1. The van der Waals surface area contributed by atoms with Gasteiger partial charge >= 0.3 is 0 Å². The predicted molar refractivity (Wildman–Crippen MR) is 93.7 cm³/mol. The number of carbonyl (C=O) groups excluding carboxylic acids is 1. The molecule has 2 heterocycles. The Morgan fingerprint density at radius 1 is 1.33 bits per heavy atom. The van der Waals surface area contributed by atoms with Gasteiger partial charge in [-0.2, -0.15) is 0 Å². The SMILES string of the molecule is CC.CC.Cc1cc(CC(=O)N2CC3C(C2)C3(C)C)on1.O=CO. The van der Waals surface area contributed by atoms with E-state index in [-0.39, 0.29) is 12.4 Å². The molecule has 1 saturated heterocycles. The first-order chi connectivity index (χ1) is 11.4. The van der Waals surface area contributed by atoms with Gasteiger partial charge in [-0.25, -0.2) is 0 Å². The van der Waals surface area contributed by atoms with Gasteiger partial charge in [-0.1, -0.05) is 46.7 Å². The highest BCUT2D eigenvalue weighted by atomic mass is 16.5. The van der Waals surface area contributed by atoms with Crippen LogP contribution in [0.2, 0.25) is 0 Å². The number of nitrogens with zero attached hydrogens (tertiary/aromatic N) is 2. The van der Waals surface area contributed by atoms with Crippen LogP contribution in [-0.2, 0) is 16.0 Å². The third kappa shape index (κ3) is 5.35. The fraction of sp³-hybridized carbons (Fsp3) is 0.722. The van der Waals surface area contributed by atoms with Gasteiger partial charge in [-0.15, -0.1) is 0 Å². The first-order valence-corrected chi connectivity index (χ1v) is 8.68. The predicted octanol–water partition coefficient (Wildman–Crippen LogP) is 3.39. The normalized spacial score (nSPS) is 21.7. The van der Waals surface area contributed by atoms with E-state index < -0.39 is 0 Å². The number of aromatic nitrogens is 1. The lowest BCUT2D eigenvalue weighted by Gasteiger charge is -2.21. The van der Waals surface area contributed by atoms with E-state index in [1.165, 1.54) is 0 Å². The molecule has 2 atom stereocenters. The number of hydrogen-bond donors (Lipinski definition) is 1. The summed E-state index contributed by atoms with van der Waals surface area (Å²) >= 11 is 0. The highest BCUT2D eigenvalue weighted by molar-refractivity contribution is 5.78. The molecule has 3 rings (SSSR count). The third-order valence-corrected chi connectivity index (χ3v) is 4.48. The lowest BCUT2D eigenvalue weighted by atomic mass is 10.1. The van der Waals surface area contributed by atoms with Crippen molar-refractivity contribution >= 4 is 12.4 Å². The minimum Gasteiger partial charge on any atom is -0.483 e. The monoisotopic (exact) mass is 340 g/mol. The lowest BCUT2D eigenvalue weighted by molar-refractivity contribution is -0.130. The molecule has 1 N–H and O–H groups in total. The van der Waals surface area contributed by atoms with Crippen LogP contribution in [0.3, 0.4) is 0 Å². The van der Waals surface area contributed by atoms with E-state index in [0.29, 0.717) is 29.4 Å². The molecule has 1 aromatic rings. The number of fused-ring (bicyclic) bond motifs is 1. The average Bonchev–Trinajstić information content (AvgIpc) is 3.00. The van der Waals surface area contributed by atoms with Crippen LogP contribution in [0.1, 0.15) is 53.0 Å². The van der Waals surface area contributed by atoms with E-state index in [1.54, 1.807) is 0 Å². The van der Waals surface area contributed by atoms with Gasteiger partial charge in [0.2, 0.25) is 5.91 Å². The molecule has 6 nitrogen and oxygen atoms in total. The lowest BCUT2D eigenvalue weighted by Crippen LogP contribution is -2.33. The number of amides is 1. The van der Waals surface area contributed by atoms with Crippen molar-refractivity contribution in [1.29, 1.82) is 0 Å². The minimum absolute atomic E-state index is 0.171. The number of hydrogen-bond acceptors (Lipinski definition) is 4. The van der Waals surface area contributed by atoms with Gasteiger partial charge in [0.25, 0.3) is 6.47 Å². The summed E-state index contributed by atoms with van der Waals surface area (Å²) in [6.07, 6.45) is 0.348. The summed E-state index contributed by atoms with van der Waals surface area (Å²) in [5, 5.41) is 10.7. The van der Waals surface area contributed by atoms with Gasteiger partial charge in [0.05, 0.1) is 12.1 Å². The smallest absolute Gasteiger partial charge is 0.290 e. The topological polar surface area (TPSA) is 83.6 Å². The van der Waals surface area contributed by atoms with Crippen LogP contribution in [-0.4, -0.2) is 40.6 Å². The van der Waals surface area contributed by atoms with E-state index in [2.05, 4.69) is 19.0 Å². The van der Waals surface area contributed by atoms with Gasteiger partial charge in [-0.05, 0) is 24.2 Å². The van der Waals surface area contributed by atoms with Crippen molar-refractivity contribution in [3.05, 3.63) is 17.5 Å². The maximum Gasteiger partial charge on any atom is 0.290 e. The maximum atomic E-state index is 12.0. The quantitative estimate of drug-likeness (QED) is 0.834. The fourth-order valence-corrected chi connectivity index (χ4v) is 3.10. The summed E-state index contributed by atoms with van der Waals surface area (Å²) in [5.74, 6) is 2.27. The number of carboxylic acid groups (broad SMARTS) is 1. The highest BCUT2D eigenvalue weighted by Gasteiger charge is 2.62. The van der Waals surface area contributed by atoms with Gasteiger partial charge < -0.3 is 14.5 Å². The molecule has 0 spiro atoms. The standard InChI is InChI=1S/C13H18N2O2.2C2H6.CH2O2/c1-8-4-9(17-14-8)5-12(16)15-6-10-11(7-15)13(10,2)3;2*1-2;2-1-3/h4,10-11H,5-7H2,1-3H3;2*1-2H3;1H,(H,2,3). The van der Waals surface area contributed by atoms with Crippen molar-refractivity contribution < 1.29 is 19.2 Å². The molecule has 138 valence electrons. The number of piperidine rings is 1. The second-order valence-electron chi connectivity index (χ2n) is 6.05. The summed E-state index contributed by atoms with van der Waals surface area (Å²) in [6, 6.07) is 1.83. The van der Waals surface area contributed by atoms with Crippen LogP contribution in [0.15, 0.2) is 10.6 Å². The molecule has 0 radical (unpaired) electrons. The van der Waals surface area contributed by atoms with Crippen LogP contribution in [0.4, 0.5) is 0 Å². The van der Waals surface area contributed by atoms with Crippen LogP contribution in [0.25, 0.3) is 0 Å². The highest BCUT2D eigenvalue weighted by Crippen LogP contribution is 2.61. The zero-order valence-corrected chi connectivity index (χ0v) is 16.0. The molecule has 1 aromatic heterocycles. The van der Waals surface area contributed by atoms with Crippen LogP contribution in [0.5, 0.6) is 0 Å². The Kier molecular flexibility index (Phi) is 9.33. The summed E-state index contributed by atoms with van der Waals surface area (Å²) in [4.78, 5) is 22.4. The van der Waals surface area contributed by atoms with Gasteiger partial charge in [-0.3, -0.25) is 9.59 Å². The van der Waals surface area contributed by atoms with E-state index in [0.717, 1.165) is 18.8 Å². The van der Waals surface area contributed by atoms with Crippen molar-refractivity contribution in [3.63, 3.8) is 0 Å². The molecule has 2 aliphatic rings. The number of carbonyl (C=O) groups is 2. The first kappa shape index (κ1) is 22.1. The molecule has 1 amide bonds. The number of likely N-dealkylation sites (tertiary alicyclic amines) is 1. The second kappa shape index (κ2) is 10.1. The molecule has 1 aliphatic heterocycles. The molecule has 1 saturated carbocycles.